The molecule has 1 fully saturated rings. The fourth-order valence-electron chi connectivity index (χ4n) is 1.46. The summed E-state index contributed by atoms with van der Waals surface area (Å²) in [5, 5.41) is 12.2. The van der Waals surface area contributed by atoms with Crippen molar-refractivity contribution >= 4 is 5.91 Å². The molecule has 5 heteroatoms. The summed E-state index contributed by atoms with van der Waals surface area (Å²) in [5.41, 5.74) is 0. The predicted octanol–water partition coefficient (Wildman–Crippen LogP) is -1.58. The number of carbonyl (C=O) groups is 1. The average molecular weight is 188 g/mol. The van der Waals surface area contributed by atoms with Crippen molar-refractivity contribution in [3.05, 3.63) is 0 Å². The first-order valence-electron chi connectivity index (χ1n) is 4.32. The van der Waals surface area contributed by atoms with Crippen molar-refractivity contribution in [3.8, 4) is 0 Å². The van der Waals surface area contributed by atoms with E-state index in [0.29, 0.717) is 19.6 Å². The molecule has 13 heavy (non-hydrogen) atoms. The van der Waals surface area contributed by atoms with Crippen LogP contribution in [0.4, 0.5) is 0 Å². The van der Waals surface area contributed by atoms with Gasteiger partial charge in [0.05, 0.1) is 12.6 Å². The van der Waals surface area contributed by atoms with Gasteiger partial charge in [-0.1, -0.05) is 0 Å². The Morgan fingerprint density at radius 2 is 2.38 bits per heavy atom. The van der Waals surface area contributed by atoms with E-state index in [9.17, 15) is 9.90 Å². The molecule has 1 heterocycles. The van der Waals surface area contributed by atoms with Gasteiger partial charge in [-0.3, -0.25) is 4.79 Å². The molecule has 76 valence electrons. The van der Waals surface area contributed by atoms with Gasteiger partial charge in [0.1, 0.15) is 6.10 Å². The van der Waals surface area contributed by atoms with Crippen LogP contribution in [0.15, 0.2) is 0 Å². The van der Waals surface area contributed by atoms with Gasteiger partial charge in [-0.05, 0) is 7.05 Å². The largest absolute Gasteiger partial charge is 0.388 e. The molecule has 1 aliphatic heterocycles. The van der Waals surface area contributed by atoms with Gasteiger partial charge < -0.3 is 20.1 Å². The number of methoxy groups -OCH3 is 1. The van der Waals surface area contributed by atoms with Crippen molar-refractivity contribution in [2.24, 2.45) is 0 Å². The van der Waals surface area contributed by atoms with Crippen LogP contribution in [0.5, 0.6) is 0 Å². The number of ether oxygens (including phenoxy) is 1. The van der Waals surface area contributed by atoms with Gasteiger partial charge in [0.25, 0.3) is 0 Å². The summed E-state index contributed by atoms with van der Waals surface area (Å²) in [6.07, 6.45) is -0.786. The zero-order chi connectivity index (χ0) is 9.84. The lowest BCUT2D eigenvalue weighted by Crippen LogP contribution is -2.36. The van der Waals surface area contributed by atoms with E-state index in [4.69, 9.17) is 4.74 Å². The fraction of sp³-hybridized carbons (Fsp3) is 0.875. The Morgan fingerprint density at radius 3 is 2.85 bits per heavy atom. The summed E-state index contributed by atoms with van der Waals surface area (Å²) in [5.74, 6) is 0.00102. The number of β-amino-alcohol motifs (C(OH)–C–C–N with tert-alkyl or cyclic N) is 1. The number of carbonyl (C=O) groups excluding carboxylic acids is 1. The maximum absolute atomic E-state index is 11.3. The van der Waals surface area contributed by atoms with Crippen LogP contribution in [0.2, 0.25) is 0 Å². The number of likely N-dealkylation sites (N-methyl/N-ethyl adjacent to an activating group) is 1. The highest BCUT2D eigenvalue weighted by Crippen LogP contribution is 2.12. The molecule has 5 nitrogen and oxygen atoms in total. The molecule has 1 rings (SSSR count). The summed E-state index contributed by atoms with van der Waals surface area (Å²) < 4.78 is 5.02. The minimum atomic E-state index is -0.550. The number of aliphatic hydroxyl groups excluding tert-OH is 1. The molecule has 1 aliphatic rings. The van der Waals surface area contributed by atoms with E-state index in [2.05, 4.69) is 5.32 Å². The van der Waals surface area contributed by atoms with Crippen LogP contribution in [-0.4, -0.2) is 61.9 Å². The van der Waals surface area contributed by atoms with Crippen molar-refractivity contribution in [3.63, 3.8) is 0 Å². The van der Waals surface area contributed by atoms with Crippen LogP contribution >= 0.6 is 0 Å². The molecule has 0 aromatic heterocycles. The third kappa shape index (κ3) is 2.40. The van der Waals surface area contributed by atoms with Crippen molar-refractivity contribution in [2.45, 2.75) is 12.2 Å². The molecule has 1 amide bonds. The van der Waals surface area contributed by atoms with E-state index in [1.165, 1.54) is 0 Å². The smallest absolute Gasteiger partial charge is 0.236 e. The van der Waals surface area contributed by atoms with Gasteiger partial charge in [0.15, 0.2) is 0 Å². The van der Waals surface area contributed by atoms with E-state index in [1.807, 2.05) is 0 Å². The maximum Gasteiger partial charge on any atom is 0.236 e. The Kier molecular flexibility index (Phi) is 3.65. The first kappa shape index (κ1) is 10.4. The lowest BCUT2D eigenvalue weighted by molar-refractivity contribution is -0.129. The third-order valence-corrected chi connectivity index (χ3v) is 2.22. The molecular formula is C8H16N2O3. The van der Waals surface area contributed by atoms with Crippen LogP contribution in [-0.2, 0) is 9.53 Å². The number of nitrogens with one attached hydrogen (secondary N) is 1. The minimum Gasteiger partial charge on any atom is -0.388 e. The second kappa shape index (κ2) is 4.55. The zero-order valence-corrected chi connectivity index (χ0v) is 7.99. The molecule has 1 saturated heterocycles. The summed E-state index contributed by atoms with van der Waals surface area (Å²) >= 11 is 0. The van der Waals surface area contributed by atoms with E-state index in [0.717, 1.165) is 0 Å². The molecular weight excluding hydrogens is 172 g/mol. The molecule has 0 aromatic rings. The van der Waals surface area contributed by atoms with Crippen molar-refractivity contribution in [2.75, 3.05) is 33.8 Å². The van der Waals surface area contributed by atoms with Crippen LogP contribution in [0.1, 0.15) is 0 Å². The van der Waals surface area contributed by atoms with Crippen LogP contribution in [0, 0.1) is 0 Å². The molecule has 0 spiro atoms. The average Bonchev–Trinajstić information content (AvgIpc) is 2.47. The van der Waals surface area contributed by atoms with E-state index in [1.54, 1.807) is 19.1 Å². The molecule has 0 aromatic carbocycles. The predicted molar refractivity (Wildman–Crippen MR) is 47.3 cm³/mol. The number of hydrogen-bond donors (Lipinski definition) is 2. The third-order valence-electron chi connectivity index (χ3n) is 2.22. The number of amides is 1. The minimum absolute atomic E-state index is 0.00102. The topological polar surface area (TPSA) is 61.8 Å². The SMILES string of the molecule is CNCC(=O)N1C[C@H](O)[C@H](OC)C1. The first-order chi connectivity index (χ1) is 6.19. The van der Waals surface area contributed by atoms with Crippen LogP contribution in [0.25, 0.3) is 0 Å². The molecule has 0 bridgehead atoms. The maximum atomic E-state index is 11.3. The van der Waals surface area contributed by atoms with Gasteiger partial charge >= 0.3 is 0 Å². The molecule has 0 aliphatic carbocycles. The highest BCUT2D eigenvalue weighted by Gasteiger charge is 2.33. The highest BCUT2D eigenvalue weighted by atomic mass is 16.5. The molecule has 2 N–H and O–H groups in total. The Hall–Kier alpha value is -0.650. The number of rotatable bonds is 3. The van der Waals surface area contributed by atoms with Gasteiger partial charge in [-0.15, -0.1) is 0 Å². The Balaban J connectivity index is 2.43. The lowest BCUT2D eigenvalue weighted by Gasteiger charge is -2.14. The van der Waals surface area contributed by atoms with Gasteiger partial charge in [0.2, 0.25) is 5.91 Å². The van der Waals surface area contributed by atoms with E-state index >= 15 is 0 Å². The van der Waals surface area contributed by atoms with Gasteiger partial charge in [-0.25, -0.2) is 0 Å². The summed E-state index contributed by atoms with van der Waals surface area (Å²) in [7, 11) is 3.26. The van der Waals surface area contributed by atoms with E-state index in [-0.39, 0.29) is 12.0 Å². The molecule has 0 radical (unpaired) electrons. The van der Waals surface area contributed by atoms with Gasteiger partial charge in [-0.2, -0.15) is 0 Å². The number of hydrogen-bond acceptors (Lipinski definition) is 4. The summed E-state index contributed by atoms with van der Waals surface area (Å²) in [6.45, 7) is 1.17. The number of aliphatic hydroxyl groups is 1. The van der Waals surface area contributed by atoms with Crippen molar-refractivity contribution in [1.29, 1.82) is 0 Å². The first-order valence-corrected chi connectivity index (χ1v) is 4.32. The Morgan fingerprint density at radius 1 is 1.69 bits per heavy atom. The number of nitrogens with zero attached hydrogens (tertiary/aromatic N) is 1. The Bertz CT molecular complexity index is 186. The number of likely N-dealkylation sites (tertiary alicyclic amines) is 1. The standard InChI is InChI=1S/C8H16N2O3/c1-9-3-8(12)10-4-6(11)7(5-10)13-2/h6-7,9,11H,3-5H2,1-2H3/t6-,7+/m0/s1. The normalized spacial score (nSPS) is 28.1. The zero-order valence-electron chi connectivity index (χ0n) is 7.99. The second-order valence-corrected chi connectivity index (χ2v) is 3.17. The second-order valence-electron chi connectivity index (χ2n) is 3.17. The molecule has 2 atom stereocenters. The molecule has 0 unspecified atom stereocenters. The highest BCUT2D eigenvalue weighted by molar-refractivity contribution is 5.78. The molecule has 0 saturated carbocycles. The fourth-order valence-corrected chi connectivity index (χ4v) is 1.46. The Labute approximate surface area is 77.7 Å². The van der Waals surface area contributed by atoms with Crippen molar-refractivity contribution < 1.29 is 14.6 Å². The monoisotopic (exact) mass is 188 g/mol. The van der Waals surface area contributed by atoms with Crippen LogP contribution < -0.4 is 5.32 Å². The van der Waals surface area contributed by atoms with Gasteiger partial charge in [0, 0.05) is 20.2 Å². The lowest BCUT2D eigenvalue weighted by atomic mass is 10.3. The quantitative estimate of drug-likeness (QED) is 0.561. The van der Waals surface area contributed by atoms with Crippen molar-refractivity contribution in [1.82, 2.24) is 10.2 Å². The summed E-state index contributed by atoms with van der Waals surface area (Å²) in [4.78, 5) is 13.0. The van der Waals surface area contributed by atoms with E-state index < -0.39 is 6.10 Å². The summed E-state index contributed by atoms with van der Waals surface area (Å²) in [6, 6.07) is 0. The van der Waals surface area contributed by atoms with Crippen LogP contribution in [0.3, 0.4) is 0 Å².